The van der Waals surface area contributed by atoms with Crippen LogP contribution >= 0.6 is 0 Å². The zero-order valence-electron chi connectivity index (χ0n) is 10.9. The van der Waals surface area contributed by atoms with E-state index in [9.17, 15) is 0 Å². The van der Waals surface area contributed by atoms with E-state index in [1.54, 1.807) is 0 Å². The molecular weight excluding hydrogens is 195 g/mol. The van der Waals surface area contributed by atoms with Gasteiger partial charge >= 0.3 is 69.2 Å². The Hall–Kier alpha value is 1.12. The molecule has 0 nitrogen and oxygen atoms in total. The van der Waals surface area contributed by atoms with Gasteiger partial charge in [0, 0.05) is 0 Å². The van der Waals surface area contributed by atoms with Gasteiger partial charge in [-0.3, -0.25) is 0 Å². The van der Waals surface area contributed by atoms with Crippen molar-refractivity contribution in [1.29, 1.82) is 0 Å². The van der Waals surface area contributed by atoms with Crippen LogP contribution in [-0.2, 0) is 0 Å². The average molecular weight is 218 g/mol. The first-order chi connectivity index (χ1) is 6.11. The molecule has 0 radical (unpaired) electrons. The van der Waals surface area contributed by atoms with Gasteiger partial charge in [0.2, 0.25) is 0 Å². The Morgan fingerprint density at radius 2 is 1.50 bits per heavy atom. The normalized spacial score (nSPS) is 16.1. The van der Waals surface area contributed by atoms with Crippen molar-refractivity contribution in [1.82, 2.24) is 0 Å². The number of allylic oxidation sites excluding steroid dienone is 4. The third-order valence-corrected chi connectivity index (χ3v) is 1.64. The fraction of sp³-hybridized carbons (Fsp3) is 0.692. The molecule has 0 aromatic heterocycles. The van der Waals surface area contributed by atoms with Crippen LogP contribution in [-0.4, -0.2) is 49.0 Å². The van der Waals surface area contributed by atoms with Crippen LogP contribution < -0.4 is 0 Å². The second-order valence-electron chi connectivity index (χ2n) is 6.55. The molecule has 0 atom stereocenters. The van der Waals surface area contributed by atoms with E-state index in [0.717, 1.165) is 55.4 Å². The monoisotopic (exact) mass is 218 g/mol. The van der Waals surface area contributed by atoms with E-state index in [4.69, 9.17) is 0 Å². The third kappa shape index (κ3) is 9.66. The Bertz CT molecular complexity index is 215. The number of rotatable bonds is 0. The van der Waals surface area contributed by atoms with Gasteiger partial charge in [-0.25, -0.2) is 0 Å². The first kappa shape index (κ1) is 15.1. The Morgan fingerprint density at radius 1 is 1.07 bits per heavy atom. The first-order valence-electron chi connectivity index (χ1n) is 5.48. The summed E-state index contributed by atoms with van der Waals surface area (Å²) in [4.78, 5) is 0. The molecule has 0 aromatic carbocycles. The zero-order valence-corrected chi connectivity index (χ0v) is 14.1. The molecule has 0 unspecified atom stereocenters. The predicted molar refractivity (Wildman–Crippen MR) is 66.8 cm³/mol. The molecule has 0 spiro atoms. The molecule has 0 N–H and O–H groups in total. The Kier molecular flexibility index (Phi) is 6.48. The van der Waals surface area contributed by atoms with Gasteiger partial charge in [0.05, 0.1) is 0 Å². The molecule has 0 saturated carbocycles. The van der Waals surface area contributed by atoms with Crippen molar-refractivity contribution >= 4 is 49.0 Å². The maximum absolute atomic E-state index is 2.29. The maximum atomic E-state index is 2.29. The van der Waals surface area contributed by atoms with Gasteiger partial charge in [0.15, 0.2) is 0 Å². The summed E-state index contributed by atoms with van der Waals surface area (Å²) in [5, 5.41) is 0. The van der Waals surface area contributed by atoms with E-state index >= 15 is 0 Å². The van der Waals surface area contributed by atoms with Crippen molar-refractivity contribution in [3.8, 4) is 0 Å². The molecule has 0 heterocycles. The van der Waals surface area contributed by atoms with Crippen LogP contribution in [0.3, 0.4) is 0 Å². The van der Waals surface area contributed by atoms with E-state index in [1.165, 1.54) is 5.57 Å². The van der Waals surface area contributed by atoms with Crippen molar-refractivity contribution in [3.05, 3.63) is 23.8 Å². The molecule has 76 valence electrons. The van der Waals surface area contributed by atoms with Gasteiger partial charge in [0.25, 0.3) is 0 Å². The molecule has 0 fully saturated rings. The minimum absolute atomic E-state index is 0.354. The fourth-order valence-electron chi connectivity index (χ4n) is 1.01. The van der Waals surface area contributed by atoms with Crippen LogP contribution in [0.2, 0.25) is -0.490 Å². The van der Waals surface area contributed by atoms with Crippen molar-refractivity contribution in [2.45, 2.75) is 47.5 Å². The summed E-state index contributed by atoms with van der Waals surface area (Å²) in [6.07, 6.45) is 7.85. The van der Waals surface area contributed by atoms with Crippen LogP contribution in [0, 0.1) is 5.41 Å². The summed E-state index contributed by atoms with van der Waals surface area (Å²) < 4.78 is 0.688. The minimum atomic E-state index is 0.354. The topological polar surface area (TPSA) is 0 Å². The molecule has 1 aliphatic carbocycles. The SMILES string of the molecule is CC(C)(C)C1=CCC=C1.C[C](C)(C)[K]. The summed E-state index contributed by atoms with van der Waals surface area (Å²) in [5.41, 5.74) is 1.83. The van der Waals surface area contributed by atoms with Gasteiger partial charge < -0.3 is 0 Å². The number of hydrogen-bond acceptors (Lipinski definition) is 0. The van der Waals surface area contributed by atoms with Crippen LogP contribution in [0.5, 0.6) is 0 Å². The molecule has 0 amide bonds. The van der Waals surface area contributed by atoms with E-state index in [0.29, 0.717) is 4.92 Å². The summed E-state index contributed by atoms with van der Waals surface area (Å²) in [6, 6.07) is 0. The summed E-state index contributed by atoms with van der Waals surface area (Å²) in [6.45, 7) is 13.5. The molecule has 14 heavy (non-hydrogen) atoms. The predicted octanol–water partition coefficient (Wildman–Crippen LogP) is 4.29. The molecule has 0 aromatic rings. The van der Waals surface area contributed by atoms with Gasteiger partial charge in [-0.05, 0) is 17.4 Å². The van der Waals surface area contributed by atoms with Gasteiger partial charge in [-0.2, -0.15) is 0 Å². The molecule has 1 aliphatic rings. The van der Waals surface area contributed by atoms with E-state index in [1.807, 2.05) is 0 Å². The third-order valence-electron chi connectivity index (χ3n) is 1.64. The Balaban J connectivity index is 0.000000292. The summed E-state index contributed by atoms with van der Waals surface area (Å²) >= 11 is 1.00. The van der Waals surface area contributed by atoms with Gasteiger partial charge in [0.1, 0.15) is 0 Å². The second-order valence-corrected chi connectivity index (χ2v) is 11.2. The fourth-order valence-corrected chi connectivity index (χ4v) is 1.01. The van der Waals surface area contributed by atoms with Crippen LogP contribution in [0.15, 0.2) is 23.8 Å². The van der Waals surface area contributed by atoms with Crippen LogP contribution in [0.4, 0.5) is 0 Å². The number of hydrogen-bond donors (Lipinski definition) is 0. The van der Waals surface area contributed by atoms with Crippen molar-refractivity contribution < 1.29 is 0 Å². The molecular formula is C13H23K. The molecule has 0 bridgehead atoms. The van der Waals surface area contributed by atoms with Crippen molar-refractivity contribution in [2.24, 2.45) is 5.41 Å². The van der Waals surface area contributed by atoms with Gasteiger partial charge in [-0.15, -0.1) is 0 Å². The molecule has 1 heteroatoms. The summed E-state index contributed by atoms with van der Waals surface area (Å²) in [5.74, 6) is 0. The summed E-state index contributed by atoms with van der Waals surface area (Å²) in [7, 11) is 0. The molecule has 0 aliphatic heterocycles. The Morgan fingerprint density at radius 3 is 1.64 bits per heavy atom. The van der Waals surface area contributed by atoms with Crippen molar-refractivity contribution in [3.63, 3.8) is 0 Å². The van der Waals surface area contributed by atoms with Crippen LogP contribution in [0.1, 0.15) is 48.0 Å². The first-order valence-corrected chi connectivity index (χ1v) is 7.04. The van der Waals surface area contributed by atoms with Crippen LogP contribution in [0.25, 0.3) is 0 Å². The molecule has 0 saturated heterocycles. The van der Waals surface area contributed by atoms with Gasteiger partial charge in [-0.1, -0.05) is 39.0 Å². The quantitative estimate of drug-likeness (QED) is 0.532. The second kappa shape index (κ2) is 6.00. The standard InChI is InChI=1S/C9H14.C4H9.K/c1-9(2,3)8-6-4-5-7-8;1-4(2)3;/h4,6-7H,5H2,1-3H3;1-3H3;. The Labute approximate surface area is 124 Å². The zero-order chi connectivity index (χ0) is 11.4. The van der Waals surface area contributed by atoms with E-state index < -0.39 is 0 Å². The van der Waals surface area contributed by atoms with E-state index in [2.05, 4.69) is 59.8 Å². The molecule has 1 rings (SSSR count). The average Bonchev–Trinajstić information content (AvgIpc) is 2.28. The van der Waals surface area contributed by atoms with E-state index in [-0.39, 0.29) is 0 Å². The van der Waals surface area contributed by atoms with Crippen molar-refractivity contribution in [2.75, 3.05) is 0 Å².